The Bertz CT molecular complexity index is 315. The molecule has 0 aromatic heterocycles. The number of hydrogen-bond acceptors (Lipinski definition) is 3. The Morgan fingerprint density at radius 2 is 1.94 bits per heavy atom. The second-order valence-corrected chi connectivity index (χ2v) is 5.51. The van der Waals surface area contributed by atoms with Crippen LogP contribution in [0, 0.1) is 5.92 Å². The van der Waals surface area contributed by atoms with Gasteiger partial charge in [-0.25, -0.2) is 0 Å². The highest BCUT2D eigenvalue weighted by molar-refractivity contribution is 5.80. The predicted octanol–water partition coefficient (Wildman–Crippen LogP) is 0.289. The van der Waals surface area contributed by atoms with Gasteiger partial charge >= 0.3 is 0 Å². The molecule has 0 radical (unpaired) electrons. The number of nitrogens with one attached hydrogen (secondary N) is 2. The van der Waals surface area contributed by atoms with Crippen LogP contribution >= 0.6 is 0 Å². The maximum absolute atomic E-state index is 11.9. The summed E-state index contributed by atoms with van der Waals surface area (Å²) in [6.45, 7) is 0.434. The Hall–Kier alpha value is -1.10. The summed E-state index contributed by atoms with van der Waals surface area (Å²) in [6, 6.07) is 0.553. The van der Waals surface area contributed by atoms with Gasteiger partial charge in [0.2, 0.25) is 11.8 Å². The van der Waals surface area contributed by atoms with Gasteiger partial charge in [-0.1, -0.05) is 6.42 Å². The summed E-state index contributed by atoms with van der Waals surface area (Å²) in [5, 5.41) is 5.75. The van der Waals surface area contributed by atoms with Crippen LogP contribution in [0.2, 0.25) is 0 Å². The molecule has 0 aromatic carbocycles. The standard InChI is InChI=1S/C13H23N3O2/c14-10-3-1-2-9(8-10)13(18)15-7-6-12(17)16-11-4-5-11/h9-11H,1-8,14H2,(H,15,18)(H,16,17). The van der Waals surface area contributed by atoms with Gasteiger partial charge in [0.05, 0.1) is 0 Å². The number of amides is 2. The van der Waals surface area contributed by atoms with Crippen molar-refractivity contribution in [2.75, 3.05) is 6.54 Å². The highest BCUT2D eigenvalue weighted by atomic mass is 16.2. The zero-order chi connectivity index (χ0) is 13.0. The van der Waals surface area contributed by atoms with Crippen molar-refractivity contribution in [3.05, 3.63) is 0 Å². The molecule has 18 heavy (non-hydrogen) atoms. The zero-order valence-corrected chi connectivity index (χ0v) is 10.8. The molecule has 2 amide bonds. The lowest BCUT2D eigenvalue weighted by molar-refractivity contribution is -0.126. The first-order valence-electron chi connectivity index (χ1n) is 6.98. The monoisotopic (exact) mass is 253 g/mol. The van der Waals surface area contributed by atoms with Crippen molar-refractivity contribution < 1.29 is 9.59 Å². The molecular weight excluding hydrogens is 230 g/mol. The molecule has 2 atom stereocenters. The van der Waals surface area contributed by atoms with Gasteiger partial charge in [-0.15, -0.1) is 0 Å². The third-order valence-electron chi connectivity index (χ3n) is 3.68. The molecule has 2 saturated carbocycles. The average Bonchev–Trinajstić information content (AvgIpc) is 3.12. The average molecular weight is 253 g/mol. The molecule has 4 N–H and O–H groups in total. The van der Waals surface area contributed by atoms with Crippen molar-refractivity contribution in [3.8, 4) is 0 Å². The SMILES string of the molecule is NC1CCCC(C(=O)NCCC(=O)NC2CC2)C1. The van der Waals surface area contributed by atoms with Gasteiger partial charge in [-0.3, -0.25) is 9.59 Å². The summed E-state index contributed by atoms with van der Waals surface area (Å²) in [5.41, 5.74) is 5.86. The Balaban J connectivity index is 1.60. The molecule has 2 fully saturated rings. The Kier molecular flexibility index (Phi) is 4.58. The Morgan fingerprint density at radius 3 is 2.61 bits per heavy atom. The van der Waals surface area contributed by atoms with Crippen molar-refractivity contribution in [1.82, 2.24) is 10.6 Å². The third kappa shape index (κ3) is 4.29. The summed E-state index contributed by atoms with van der Waals surface area (Å²) < 4.78 is 0. The van der Waals surface area contributed by atoms with E-state index in [1.807, 2.05) is 0 Å². The molecule has 5 heteroatoms. The van der Waals surface area contributed by atoms with Crippen LogP contribution in [0.4, 0.5) is 0 Å². The van der Waals surface area contributed by atoms with Crippen LogP contribution in [0.15, 0.2) is 0 Å². The van der Waals surface area contributed by atoms with Crippen LogP contribution in [-0.4, -0.2) is 30.4 Å². The van der Waals surface area contributed by atoms with Gasteiger partial charge in [0.15, 0.2) is 0 Å². The van der Waals surface area contributed by atoms with E-state index in [2.05, 4.69) is 10.6 Å². The molecule has 5 nitrogen and oxygen atoms in total. The van der Waals surface area contributed by atoms with Crippen molar-refractivity contribution >= 4 is 11.8 Å². The largest absolute Gasteiger partial charge is 0.355 e. The summed E-state index contributed by atoms with van der Waals surface area (Å²) in [4.78, 5) is 23.3. The molecule has 0 spiro atoms. The first-order chi connectivity index (χ1) is 8.65. The Labute approximate surface area is 108 Å². The topological polar surface area (TPSA) is 84.2 Å². The molecule has 2 unspecified atom stereocenters. The normalized spacial score (nSPS) is 27.6. The summed E-state index contributed by atoms with van der Waals surface area (Å²) in [7, 11) is 0. The maximum Gasteiger partial charge on any atom is 0.223 e. The number of carbonyl (C=O) groups is 2. The second-order valence-electron chi connectivity index (χ2n) is 5.51. The molecule has 0 aromatic rings. The van der Waals surface area contributed by atoms with E-state index >= 15 is 0 Å². The van der Waals surface area contributed by atoms with Crippen molar-refractivity contribution in [2.45, 2.75) is 57.0 Å². The minimum atomic E-state index is 0.0399. The van der Waals surface area contributed by atoms with Gasteiger partial charge in [0.25, 0.3) is 0 Å². The van der Waals surface area contributed by atoms with Gasteiger partial charge in [-0.05, 0) is 32.1 Å². The number of hydrogen-bond donors (Lipinski definition) is 3. The number of nitrogens with two attached hydrogens (primary N) is 1. The second kappa shape index (κ2) is 6.18. The molecule has 2 rings (SSSR count). The molecule has 0 saturated heterocycles. The lowest BCUT2D eigenvalue weighted by atomic mass is 9.85. The molecule has 2 aliphatic rings. The molecule has 2 aliphatic carbocycles. The summed E-state index contributed by atoms with van der Waals surface area (Å²) >= 11 is 0. The van der Waals surface area contributed by atoms with E-state index in [9.17, 15) is 9.59 Å². The lowest BCUT2D eigenvalue weighted by Gasteiger charge is -2.25. The van der Waals surface area contributed by atoms with Crippen LogP contribution in [-0.2, 0) is 9.59 Å². The minimum absolute atomic E-state index is 0.0399. The van der Waals surface area contributed by atoms with Gasteiger partial charge in [0, 0.05) is 31.0 Å². The van der Waals surface area contributed by atoms with Crippen molar-refractivity contribution in [3.63, 3.8) is 0 Å². The molecular formula is C13H23N3O2. The minimum Gasteiger partial charge on any atom is -0.355 e. The van der Waals surface area contributed by atoms with Gasteiger partial charge in [0.1, 0.15) is 0 Å². The van der Waals surface area contributed by atoms with Gasteiger partial charge in [-0.2, -0.15) is 0 Å². The number of rotatable bonds is 5. The fourth-order valence-corrected chi connectivity index (χ4v) is 2.44. The highest BCUT2D eigenvalue weighted by Gasteiger charge is 2.25. The van der Waals surface area contributed by atoms with Crippen LogP contribution in [0.3, 0.4) is 0 Å². The van der Waals surface area contributed by atoms with Crippen molar-refractivity contribution in [1.29, 1.82) is 0 Å². The first kappa shape index (κ1) is 13.3. The molecule has 0 aliphatic heterocycles. The first-order valence-corrected chi connectivity index (χ1v) is 6.98. The van der Waals surface area contributed by atoms with E-state index in [-0.39, 0.29) is 23.8 Å². The van der Waals surface area contributed by atoms with Crippen LogP contribution < -0.4 is 16.4 Å². The van der Waals surface area contributed by atoms with E-state index in [0.29, 0.717) is 19.0 Å². The van der Waals surface area contributed by atoms with E-state index in [0.717, 1.165) is 38.5 Å². The lowest BCUT2D eigenvalue weighted by Crippen LogP contribution is -2.39. The molecule has 0 heterocycles. The van der Waals surface area contributed by atoms with Crippen LogP contribution in [0.1, 0.15) is 44.9 Å². The number of carbonyl (C=O) groups excluding carboxylic acids is 2. The van der Waals surface area contributed by atoms with E-state index < -0.39 is 0 Å². The fourth-order valence-electron chi connectivity index (χ4n) is 2.44. The Morgan fingerprint density at radius 1 is 1.17 bits per heavy atom. The molecule has 0 bridgehead atoms. The zero-order valence-electron chi connectivity index (χ0n) is 10.8. The van der Waals surface area contributed by atoms with Gasteiger partial charge < -0.3 is 16.4 Å². The van der Waals surface area contributed by atoms with Crippen LogP contribution in [0.5, 0.6) is 0 Å². The maximum atomic E-state index is 11.9. The van der Waals surface area contributed by atoms with Crippen molar-refractivity contribution in [2.24, 2.45) is 11.7 Å². The summed E-state index contributed by atoms with van der Waals surface area (Å²) in [5.74, 6) is 0.141. The van der Waals surface area contributed by atoms with E-state index in [1.54, 1.807) is 0 Å². The van der Waals surface area contributed by atoms with E-state index in [4.69, 9.17) is 5.73 Å². The quantitative estimate of drug-likeness (QED) is 0.658. The summed E-state index contributed by atoms with van der Waals surface area (Å²) in [6.07, 6.45) is 6.32. The predicted molar refractivity (Wildman–Crippen MR) is 68.7 cm³/mol. The smallest absolute Gasteiger partial charge is 0.223 e. The fraction of sp³-hybridized carbons (Fsp3) is 0.846. The third-order valence-corrected chi connectivity index (χ3v) is 3.68. The molecule has 102 valence electrons. The van der Waals surface area contributed by atoms with Crippen LogP contribution in [0.25, 0.3) is 0 Å². The highest BCUT2D eigenvalue weighted by Crippen LogP contribution is 2.23. The van der Waals surface area contributed by atoms with E-state index in [1.165, 1.54) is 0 Å².